The molecule has 220 valence electrons. The molecular formula is C24H32N4O11S. The Kier molecular flexibility index (Phi) is 8.36. The fourth-order valence-electron chi connectivity index (χ4n) is 5.75. The van der Waals surface area contributed by atoms with Gasteiger partial charge >= 0.3 is 10.4 Å². The number of nitrogens with two attached hydrogens (primary N) is 1. The van der Waals surface area contributed by atoms with Crippen LogP contribution in [0.2, 0.25) is 0 Å². The molecule has 3 aliphatic carbocycles. The van der Waals surface area contributed by atoms with Gasteiger partial charge in [0.15, 0.2) is 11.4 Å². The van der Waals surface area contributed by atoms with Gasteiger partial charge in [-0.1, -0.05) is 0 Å². The predicted octanol–water partition coefficient (Wildman–Crippen LogP) is -0.207. The van der Waals surface area contributed by atoms with Crippen LogP contribution in [0.4, 0.5) is 5.69 Å². The van der Waals surface area contributed by atoms with Crippen molar-refractivity contribution >= 4 is 33.6 Å². The van der Waals surface area contributed by atoms with Gasteiger partial charge in [-0.2, -0.15) is 8.42 Å². The number of aliphatic hydroxyl groups excluding tert-OH is 2. The molecule has 0 spiro atoms. The molecule has 1 aromatic rings. The second-order valence-electron chi connectivity index (χ2n) is 10.3. The van der Waals surface area contributed by atoms with Crippen LogP contribution in [-0.2, 0) is 26.4 Å². The summed E-state index contributed by atoms with van der Waals surface area (Å²) in [6.45, 7) is 3.86. The van der Waals surface area contributed by atoms with E-state index in [1.165, 1.54) is 11.0 Å². The molecule has 4 atom stereocenters. The number of anilines is 1. The van der Waals surface area contributed by atoms with E-state index in [-0.39, 0.29) is 35.8 Å². The van der Waals surface area contributed by atoms with Gasteiger partial charge in [-0.05, 0) is 64.4 Å². The van der Waals surface area contributed by atoms with Crippen LogP contribution in [0.1, 0.15) is 36.2 Å². The molecule has 0 saturated heterocycles. The third-order valence-corrected chi connectivity index (χ3v) is 7.16. The first-order valence-corrected chi connectivity index (χ1v) is 13.4. The molecule has 0 aromatic heterocycles. The number of phenols is 1. The summed E-state index contributed by atoms with van der Waals surface area (Å²) in [7, 11) is -1.48. The molecule has 0 bridgehead atoms. The molecule has 0 radical (unpaired) electrons. The third-order valence-electron chi connectivity index (χ3n) is 7.16. The number of amides is 1. The van der Waals surface area contributed by atoms with Gasteiger partial charge < -0.3 is 25.7 Å². The fraction of sp³-hybridized carbons (Fsp3) is 0.458. The van der Waals surface area contributed by atoms with Gasteiger partial charge in [-0.25, -0.2) is 5.84 Å². The second-order valence-corrected chi connectivity index (χ2v) is 11.2. The first kappa shape index (κ1) is 31.0. The molecule has 0 saturated carbocycles. The van der Waals surface area contributed by atoms with Gasteiger partial charge in [0, 0.05) is 23.2 Å². The van der Waals surface area contributed by atoms with Gasteiger partial charge in [0.2, 0.25) is 5.78 Å². The molecule has 1 amide bonds. The number of carbonyl (C=O) groups is 3. The number of benzene rings is 1. The van der Waals surface area contributed by atoms with E-state index in [0.717, 1.165) is 0 Å². The number of nitrogens with zero attached hydrogens (tertiary/aromatic N) is 1. The molecule has 15 nitrogen and oxygen atoms in total. The van der Waals surface area contributed by atoms with Crippen LogP contribution < -0.4 is 16.6 Å². The van der Waals surface area contributed by atoms with Crippen molar-refractivity contribution in [2.24, 2.45) is 17.7 Å². The quantitative estimate of drug-likeness (QED) is 0.0554. The van der Waals surface area contributed by atoms with Gasteiger partial charge in [0.05, 0.1) is 11.6 Å². The van der Waals surface area contributed by atoms with Crippen LogP contribution in [0.5, 0.6) is 5.75 Å². The zero-order valence-electron chi connectivity index (χ0n) is 22.0. The van der Waals surface area contributed by atoms with Crippen molar-refractivity contribution < 1.29 is 52.3 Å². The molecule has 16 heteroatoms. The Morgan fingerprint density at radius 2 is 1.73 bits per heavy atom. The Labute approximate surface area is 229 Å². The Hall–Kier alpha value is -3.54. The van der Waals surface area contributed by atoms with Gasteiger partial charge in [0.1, 0.15) is 22.8 Å². The number of aromatic hydroxyl groups is 1. The van der Waals surface area contributed by atoms with Crippen molar-refractivity contribution in [3.63, 3.8) is 0 Å². The highest BCUT2D eigenvalue weighted by atomic mass is 32.3. The number of fused-ring (bicyclic) bond motifs is 3. The Morgan fingerprint density at radius 3 is 2.23 bits per heavy atom. The number of likely N-dealkylation sites (N-methyl/N-ethyl adjacent to an activating group) is 1. The van der Waals surface area contributed by atoms with Gasteiger partial charge in [-0.3, -0.25) is 33.8 Å². The first-order valence-electron chi connectivity index (χ1n) is 12.0. The Balaban J connectivity index is 0.000000810. The molecular weight excluding hydrogens is 552 g/mol. The minimum atomic E-state index is -4.67. The summed E-state index contributed by atoms with van der Waals surface area (Å²) in [4.78, 5) is 40.8. The van der Waals surface area contributed by atoms with E-state index in [1.54, 1.807) is 25.6 Å². The van der Waals surface area contributed by atoms with Crippen molar-refractivity contribution in [3.05, 3.63) is 45.9 Å². The number of Topliss-reactive ketones (excluding diaryl/α,β-unsaturated/α-hetero) is 2. The highest BCUT2D eigenvalue weighted by Crippen LogP contribution is 2.52. The molecule has 2 unspecified atom stereocenters. The molecule has 3 aliphatic rings. The molecule has 40 heavy (non-hydrogen) atoms. The summed E-state index contributed by atoms with van der Waals surface area (Å²) in [5.41, 5.74) is -0.623. The summed E-state index contributed by atoms with van der Waals surface area (Å²) in [5, 5.41) is 47.6. The highest BCUT2D eigenvalue weighted by molar-refractivity contribution is 7.79. The number of hydrazine groups is 1. The molecule has 0 aliphatic heterocycles. The van der Waals surface area contributed by atoms with Crippen LogP contribution in [-0.4, -0.2) is 92.1 Å². The van der Waals surface area contributed by atoms with E-state index in [9.17, 15) is 34.8 Å². The molecule has 1 aromatic carbocycles. The normalized spacial score (nSPS) is 26.1. The number of aliphatic hydroxyl groups is 3. The fourth-order valence-corrected chi connectivity index (χ4v) is 5.75. The SMILES string of the molecule is CC(C)Nc1ccc(O)c2c1CC1CC3[C@H](N(C)C)C(O)=C(C(=O)NN)C(=O)[C@@]3(O)C(O)=C1C2=O.O=S(=O)(O)O. The maximum absolute atomic E-state index is 13.6. The largest absolute Gasteiger partial charge is 0.510 e. The van der Waals surface area contributed by atoms with E-state index >= 15 is 0 Å². The van der Waals surface area contributed by atoms with Crippen LogP contribution >= 0.6 is 0 Å². The summed E-state index contributed by atoms with van der Waals surface area (Å²) in [6.07, 6.45) is 0.291. The zero-order valence-corrected chi connectivity index (χ0v) is 22.9. The summed E-state index contributed by atoms with van der Waals surface area (Å²) in [6, 6.07) is 2.07. The number of ketones is 2. The minimum absolute atomic E-state index is 0.0127. The number of allylic oxidation sites excluding steroid dienone is 1. The van der Waals surface area contributed by atoms with Crippen molar-refractivity contribution in [3.8, 4) is 5.75 Å². The average Bonchev–Trinajstić information content (AvgIpc) is 2.81. The molecule has 0 heterocycles. The van der Waals surface area contributed by atoms with Crippen molar-refractivity contribution in [2.75, 3.05) is 19.4 Å². The lowest BCUT2D eigenvalue weighted by atomic mass is 9.58. The maximum atomic E-state index is 13.6. The standard InChI is InChI=1S/C24H30N4O7.H2O4S/c1-9(2)26-13-5-6-14(29)16-11(13)7-10-8-12-18(28(3)4)20(31)17(23(34)27-25)22(33)24(12,35)21(32)15(10)19(16)30;1-5(2,3)4/h5-6,9-10,12,18,26,29,31-32,35H,7-8,25H2,1-4H3,(H,27,34);(H2,1,2,3,4)/t10?,12?,18-,24-;/m0./s1. The second kappa shape index (κ2) is 10.8. The lowest BCUT2D eigenvalue weighted by Gasteiger charge is -2.50. The molecule has 4 rings (SSSR count). The Morgan fingerprint density at radius 1 is 1.15 bits per heavy atom. The highest BCUT2D eigenvalue weighted by Gasteiger charge is 2.63. The number of phenolic OH excluding ortho intramolecular Hbond substituents is 1. The van der Waals surface area contributed by atoms with Crippen molar-refractivity contribution in [1.29, 1.82) is 0 Å². The number of hydrogen-bond acceptors (Lipinski definition) is 12. The number of hydrogen-bond donors (Lipinski definition) is 9. The lowest BCUT2D eigenvalue weighted by molar-refractivity contribution is -0.148. The van der Waals surface area contributed by atoms with Crippen molar-refractivity contribution in [1.82, 2.24) is 10.3 Å². The average molecular weight is 585 g/mol. The van der Waals surface area contributed by atoms with E-state index < -0.39 is 68.4 Å². The molecule has 0 fully saturated rings. The van der Waals surface area contributed by atoms with E-state index in [4.69, 9.17) is 23.4 Å². The maximum Gasteiger partial charge on any atom is 0.394 e. The zero-order chi connectivity index (χ0) is 30.5. The topological polar surface area (TPSA) is 260 Å². The minimum Gasteiger partial charge on any atom is -0.510 e. The van der Waals surface area contributed by atoms with E-state index in [2.05, 4.69) is 5.32 Å². The lowest BCUT2D eigenvalue weighted by Crippen LogP contribution is -2.64. The van der Waals surface area contributed by atoms with E-state index in [0.29, 0.717) is 11.3 Å². The van der Waals surface area contributed by atoms with E-state index in [1.807, 2.05) is 13.8 Å². The van der Waals surface area contributed by atoms with Gasteiger partial charge in [0.25, 0.3) is 5.91 Å². The molecule has 10 N–H and O–H groups in total. The number of rotatable bonds is 4. The summed E-state index contributed by atoms with van der Waals surface area (Å²) >= 11 is 0. The predicted molar refractivity (Wildman–Crippen MR) is 140 cm³/mol. The number of nitrogens with one attached hydrogen (secondary N) is 2. The van der Waals surface area contributed by atoms with Crippen LogP contribution in [0.3, 0.4) is 0 Å². The number of carbonyl (C=O) groups excluding carboxylic acids is 3. The first-order chi connectivity index (χ1) is 18.4. The monoisotopic (exact) mass is 584 g/mol. The summed E-state index contributed by atoms with van der Waals surface area (Å²) < 4.78 is 31.6. The Bertz CT molecular complexity index is 1430. The van der Waals surface area contributed by atoms with Gasteiger partial charge in [-0.15, -0.1) is 0 Å². The smallest absolute Gasteiger partial charge is 0.394 e. The van der Waals surface area contributed by atoms with Crippen LogP contribution in [0.15, 0.2) is 34.8 Å². The van der Waals surface area contributed by atoms with Crippen LogP contribution in [0, 0.1) is 11.8 Å². The third kappa shape index (κ3) is 5.28. The summed E-state index contributed by atoms with van der Waals surface area (Å²) in [5.74, 6) is -1.30. The van der Waals surface area contributed by atoms with Crippen LogP contribution in [0.25, 0.3) is 0 Å². The van der Waals surface area contributed by atoms with Crippen molar-refractivity contribution in [2.45, 2.75) is 44.4 Å².